The van der Waals surface area contributed by atoms with Crippen molar-refractivity contribution in [1.82, 2.24) is 15.6 Å². The molecule has 1 aromatic heterocycles. The fourth-order valence-corrected chi connectivity index (χ4v) is 2.88. The first-order valence-electron chi connectivity index (χ1n) is 6.76. The molecule has 0 radical (unpaired) electrons. The molecule has 7 heteroatoms. The van der Waals surface area contributed by atoms with Gasteiger partial charge < -0.3 is 10.6 Å². The molecule has 1 aliphatic rings. The van der Waals surface area contributed by atoms with Crippen molar-refractivity contribution in [3.05, 3.63) is 16.6 Å². The Balaban J connectivity index is 0.00000180. The van der Waals surface area contributed by atoms with Crippen LogP contribution in [0.3, 0.4) is 0 Å². The molecule has 2 N–H and O–H groups in total. The Hall–Kier alpha value is -0.360. The lowest BCUT2D eigenvalue weighted by Crippen LogP contribution is -2.36. The van der Waals surface area contributed by atoms with Crippen molar-refractivity contribution in [1.29, 1.82) is 0 Å². The third kappa shape index (κ3) is 6.88. The molecule has 0 bridgehead atoms. The van der Waals surface area contributed by atoms with Crippen LogP contribution in [0.4, 0.5) is 0 Å². The minimum absolute atomic E-state index is 0. The van der Waals surface area contributed by atoms with E-state index < -0.39 is 0 Å². The van der Waals surface area contributed by atoms with Crippen LogP contribution in [0.2, 0.25) is 0 Å². The molecular weight excluding hydrogens is 317 g/mol. The van der Waals surface area contributed by atoms with Crippen LogP contribution in [-0.4, -0.2) is 30.0 Å². The Labute approximate surface area is 137 Å². The lowest BCUT2D eigenvalue weighted by molar-refractivity contribution is 0.0949. The molecule has 0 aromatic carbocycles. The van der Waals surface area contributed by atoms with Crippen molar-refractivity contribution in [2.45, 2.75) is 44.6 Å². The first-order chi connectivity index (χ1) is 8.86. The monoisotopic (exact) mass is 339 g/mol. The summed E-state index contributed by atoms with van der Waals surface area (Å²) in [4.78, 5) is 15.6. The van der Waals surface area contributed by atoms with E-state index in [0.29, 0.717) is 18.3 Å². The maximum Gasteiger partial charge on any atom is 0.270 e. The van der Waals surface area contributed by atoms with Gasteiger partial charge in [-0.15, -0.1) is 36.2 Å². The summed E-state index contributed by atoms with van der Waals surface area (Å²) in [6.45, 7) is 1.52. The zero-order valence-electron chi connectivity index (χ0n) is 11.5. The van der Waals surface area contributed by atoms with Gasteiger partial charge in [-0.3, -0.25) is 4.79 Å². The van der Waals surface area contributed by atoms with Crippen molar-refractivity contribution in [3.8, 4) is 0 Å². The van der Waals surface area contributed by atoms with Gasteiger partial charge in [0.05, 0.1) is 5.51 Å². The maximum atomic E-state index is 11.6. The normalized spacial score (nSPS) is 15.6. The van der Waals surface area contributed by atoms with Crippen LogP contribution >= 0.6 is 36.2 Å². The van der Waals surface area contributed by atoms with Crippen LogP contribution in [0.1, 0.15) is 49.0 Å². The summed E-state index contributed by atoms with van der Waals surface area (Å²) >= 11 is 1.44. The fraction of sp³-hybridized carbons (Fsp3) is 0.692. The van der Waals surface area contributed by atoms with E-state index in [0.717, 1.165) is 6.54 Å². The number of thiazole rings is 1. The number of nitrogens with zero attached hydrogens (tertiary/aromatic N) is 1. The highest BCUT2D eigenvalue weighted by atomic mass is 35.5. The molecule has 1 saturated carbocycles. The average Bonchev–Trinajstić information content (AvgIpc) is 2.80. The summed E-state index contributed by atoms with van der Waals surface area (Å²) in [6.07, 6.45) is 7.98. The van der Waals surface area contributed by atoms with E-state index >= 15 is 0 Å². The van der Waals surface area contributed by atoms with E-state index in [1.807, 2.05) is 0 Å². The van der Waals surface area contributed by atoms with Crippen LogP contribution in [0, 0.1) is 0 Å². The van der Waals surface area contributed by atoms with Gasteiger partial charge in [0.15, 0.2) is 0 Å². The lowest BCUT2D eigenvalue weighted by atomic mass is 10.1. The van der Waals surface area contributed by atoms with Gasteiger partial charge in [-0.05, 0) is 12.8 Å². The number of aromatic nitrogens is 1. The molecule has 2 rings (SSSR count). The number of rotatable bonds is 5. The first kappa shape index (κ1) is 19.6. The number of halogens is 2. The molecule has 1 amide bonds. The molecule has 0 spiro atoms. The third-order valence-corrected chi connectivity index (χ3v) is 3.95. The summed E-state index contributed by atoms with van der Waals surface area (Å²) in [5.74, 6) is -0.0704. The van der Waals surface area contributed by atoms with Gasteiger partial charge >= 0.3 is 0 Å². The Bertz CT molecular complexity index is 355. The van der Waals surface area contributed by atoms with Gasteiger partial charge in [0, 0.05) is 24.5 Å². The molecule has 1 heterocycles. The van der Waals surface area contributed by atoms with Gasteiger partial charge in [0.25, 0.3) is 5.91 Å². The number of amides is 1. The number of hydrogen-bond donors (Lipinski definition) is 2. The summed E-state index contributed by atoms with van der Waals surface area (Å²) in [7, 11) is 0. The van der Waals surface area contributed by atoms with Gasteiger partial charge in [0.1, 0.15) is 5.69 Å². The molecule has 0 unspecified atom stereocenters. The van der Waals surface area contributed by atoms with E-state index in [2.05, 4.69) is 15.6 Å². The van der Waals surface area contributed by atoms with Crippen molar-refractivity contribution in [2.75, 3.05) is 13.1 Å². The van der Waals surface area contributed by atoms with E-state index in [1.165, 1.54) is 49.9 Å². The predicted molar refractivity (Wildman–Crippen MR) is 88.4 cm³/mol. The lowest BCUT2D eigenvalue weighted by Gasteiger charge is -2.16. The number of nitrogens with one attached hydrogen (secondary N) is 2. The molecule has 4 nitrogen and oxygen atoms in total. The summed E-state index contributed by atoms with van der Waals surface area (Å²) in [5, 5.41) is 8.18. The second-order valence-electron chi connectivity index (χ2n) is 4.77. The molecule has 0 atom stereocenters. The molecular formula is C13H23Cl2N3OS. The van der Waals surface area contributed by atoms with Gasteiger partial charge in [-0.1, -0.05) is 25.7 Å². The van der Waals surface area contributed by atoms with E-state index in [9.17, 15) is 4.79 Å². The quantitative estimate of drug-likeness (QED) is 0.640. The van der Waals surface area contributed by atoms with Crippen molar-refractivity contribution >= 4 is 42.1 Å². The standard InChI is InChI=1S/C13H21N3OS.2ClH/c17-13(12-9-18-10-16-12)15-8-7-14-11-5-3-1-2-4-6-11;;/h9-11,14H,1-8H2,(H,15,17);2*1H. The first-order valence-corrected chi connectivity index (χ1v) is 7.70. The highest BCUT2D eigenvalue weighted by molar-refractivity contribution is 7.07. The number of carbonyl (C=O) groups excluding carboxylic acids is 1. The Morgan fingerprint density at radius 3 is 2.50 bits per heavy atom. The van der Waals surface area contributed by atoms with Crippen LogP contribution in [-0.2, 0) is 0 Å². The molecule has 1 aromatic rings. The van der Waals surface area contributed by atoms with Crippen molar-refractivity contribution in [3.63, 3.8) is 0 Å². The average molecular weight is 340 g/mol. The van der Waals surface area contributed by atoms with Gasteiger partial charge in [0.2, 0.25) is 0 Å². The van der Waals surface area contributed by atoms with Gasteiger partial charge in [-0.2, -0.15) is 0 Å². The minimum atomic E-state index is -0.0704. The van der Waals surface area contributed by atoms with Crippen molar-refractivity contribution < 1.29 is 4.79 Å². The summed E-state index contributed by atoms with van der Waals surface area (Å²) < 4.78 is 0. The van der Waals surface area contributed by atoms with E-state index in [-0.39, 0.29) is 30.7 Å². The summed E-state index contributed by atoms with van der Waals surface area (Å²) in [5.41, 5.74) is 2.20. The highest BCUT2D eigenvalue weighted by Crippen LogP contribution is 2.16. The Morgan fingerprint density at radius 1 is 1.20 bits per heavy atom. The molecule has 116 valence electrons. The zero-order chi connectivity index (χ0) is 12.6. The Kier molecular flexibility index (Phi) is 11.1. The molecule has 20 heavy (non-hydrogen) atoms. The van der Waals surface area contributed by atoms with E-state index in [1.54, 1.807) is 10.9 Å². The van der Waals surface area contributed by atoms with E-state index in [4.69, 9.17) is 0 Å². The fourth-order valence-electron chi connectivity index (χ4n) is 2.35. The molecule has 0 saturated heterocycles. The summed E-state index contributed by atoms with van der Waals surface area (Å²) in [6, 6.07) is 0.642. The topological polar surface area (TPSA) is 54.0 Å². The molecule has 1 fully saturated rings. The SMILES string of the molecule is Cl.Cl.O=C(NCCNC1CCCCCC1)c1cscn1. The number of hydrogen-bond acceptors (Lipinski definition) is 4. The third-order valence-electron chi connectivity index (χ3n) is 3.36. The van der Waals surface area contributed by atoms with Crippen LogP contribution in [0.5, 0.6) is 0 Å². The Morgan fingerprint density at radius 2 is 1.90 bits per heavy atom. The molecule has 1 aliphatic carbocycles. The predicted octanol–water partition coefficient (Wildman–Crippen LogP) is 3.03. The van der Waals surface area contributed by atoms with Crippen molar-refractivity contribution in [2.24, 2.45) is 0 Å². The van der Waals surface area contributed by atoms with Crippen LogP contribution < -0.4 is 10.6 Å². The second kappa shape index (κ2) is 11.3. The van der Waals surface area contributed by atoms with Gasteiger partial charge in [-0.25, -0.2) is 4.98 Å². The number of carbonyl (C=O) groups is 1. The maximum absolute atomic E-state index is 11.6. The minimum Gasteiger partial charge on any atom is -0.349 e. The molecule has 0 aliphatic heterocycles. The van der Waals surface area contributed by atoms with Crippen LogP contribution in [0.25, 0.3) is 0 Å². The smallest absolute Gasteiger partial charge is 0.270 e. The second-order valence-corrected chi connectivity index (χ2v) is 5.49. The largest absolute Gasteiger partial charge is 0.349 e. The van der Waals surface area contributed by atoms with Crippen LogP contribution in [0.15, 0.2) is 10.9 Å². The highest BCUT2D eigenvalue weighted by Gasteiger charge is 2.11. The zero-order valence-corrected chi connectivity index (χ0v) is 13.9.